The first-order valence-corrected chi connectivity index (χ1v) is 6.81. The summed E-state index contributed by atoms with van der Waals surface area (Å²) in [5, 5.41) is 17.0. The predicted octanol–water partition coefficient (Wildman–Crippen LogP) is 3.13. The van der Waals surface area contributed by atoms with E-state index in [1.807, 2.05) is 60.7 Å². The van der Waals surface area contributed by atoms with Crippen molar-refractivity contribution in [3.63, 3.8) is 0 Å². The van der Waals surface area contributed by atoms with Crippen molar-refractivity contribution in [1.29, 1.82) is 0 Å². The van der Waals surface area contributed by atoms with Crippen LogP contribution in [-0.4, -0.2) is 30.1 Å². The van der Waals surface area contributed by atoms with Crippen molar-refractivity contribution < 1.29 is 9.94 Å². The SMILES string of the molecule is [N-]=[N+]=NCC(O)CON=C(c1ccccc1)c1ccccc1. The lowest BCUT2D eigenvalue weighted by Crippen LogP contribution is -2.17. The Kier molecular flexibility index (Phi) is 5.99. The fraction of sp³-hybridized carbons (Fsp3) is 0.188. The van der Waals surface area contributed by atoms with Crippen LogP contribution in [0.15, 0.2) is 70.9 Å². The Balaban J connectivity index is 2.15. The molecular weight excluding hydrogens is 280 g/mol. The van der Waals surface area contributed by atoms with Gasteiger partial charge < -0.3 is 9.94 Å². The van der Waals surface area contributed by atoms with Gasteiger partial charge in [-0.05, 0) is 5.53 Å². The number of hydrogen-bond donors (Lipinski definition) is 1. The topological polar surface area (TPSA) is 90.6 Å². The summed E-state index contributed by atoms with van der Waals surface area (Å²) in [5.41, 5.74) is 10.7. The van der Waals surface area contributed by atoms with Gasteiger partial charge in [-0.2, -0.15) is 0 Å². The highest BCUT2D eigenvalue weighted by Crippen LogP contribution is 2.11. The molecule has 1 N–H and O–H groups in total. The Morgan fingerprint density at radius 2 is 1.59 bits per heavy atom. The van der Waals surface area contributed by atoms with Crippen LogP contribution < -0.4 is 0 Å². The zero-order valence-electron chi connectivity index (χ0n) is 11.9. The molecule has 2 aromatic carbocycles. The first kappa shape index (κ1) is 15.6. The van der Waals surface area contributed by atoms with Gasteiger partial charge in [0.1, 0.15) is 12.3 Å². The highest BCUT2D eigenvalue weighted by molar-refractivity contribution is 6.12. The van der Waals surface area contributed by atoms with Gasteiger partial charge in [-0.1, -0.05) is 70.9 Å². The minimum Gasteiger partial charge on any atom is -0.393 e. The summed E-state index contributed by atoms with van der Waals surface area (Å²) in [5.74, 6) is 0. The fourth-order valence-electron chi connectivity index (χ4n) is 1.84. The van der Waals surface area contributed by atoms with Crippen molar-refractivity contribution in [3.05, 3.63) is 82.2 Å². The maximum atomic E-state index is 9.58. The van der Waals surface area contributed by atoms with E-state index in [0.717, 1.165) is 11.1 Å². The minimum atomic E-state index is -0.882. The second kappa shape index (κ2) is 8.46. The smallest absolute Gasteiger partial charge is 0.143 e. The number of aliphatic hydroxyl groups excluding tert-OH is 1. The van der Waals surface area contributed by atoms with Gasteiger partial charge in [-0.25, -0.2) is 0 Å². The van der Waals surface area contributed by atoms with Gasteiger partial charge in [0.25, 0.3) is 0 Å². The van der Waals surface area contributed by atoms with Crippen LogP contribution in [0.25, 0.3) is 10.4 Å². The van der Waals surface area contributed by atoms with Crippen molar-refractivity contribution in [1.82, 2.24) is 0 Å². The molecule has 0 saturated heterocycles. The first-order chi connectivity index (χ1) is 10.8. The number of hydrogen-bond acceptors (Lipinski definition) is 4. The van der Waals surface area contributed by atoms with Gasteiger partial charge in [0.05, 0.1) is 12.6 Å². The summed E-state index contributed by atoms with van der Waals surface area (Å²) < 4.78 is 0. The van der Waals surface area contributed by atoms with E-state index in [2.05, 4.69) is 15.2 Å². The molecule has 0 heterocycles. The molecule has 1 unspecified atom stereocenters. The maximum Gasteiger partial charge on any atom is 0.143 e. The first-order valence-electron chi connectivity index (χ1n) is 6.81. The zero-order chi connectivity index (χ0) is 15.6. The average Bonchev–Trinajstić information content (AvgIpc) is 2.58. The van der Waals surface area contributed by atoms with Crippen molar-refractivity contribution in [2.45, 2.75) is 6.10 Å². The van der Waals surface area contributed by atoms with Gasteiger partial charge in [-0.3, -0.25) is 0 Å². The number of nitrogens with zero attached hydrogens (tertiary/aromatic N) is 4. The third-order valence-corrected chi connectivity index (χ3v) is 2.87. The molecule has 0 aliphatic heterocycles. The average molecular weight is 296 g/mol. The Hall–Kier alpha value is -2.82. The molecule has 0 bridgehead atoms. The van der Waals surface area contributed by atoms with Crippen molar-refractivity contribution in [3.8, 4) is 0 Å². The normalized spacial score (nSPS) is 11.1. The van der Waals surface area contributed by atoms with Gasteiger partial charge in [-0.15, -0.1) is 0 Å². The Morgan fingerprint density at radius 1 is 1.05 bits per heavy atom. The van der Waals surface area contributed by atoms with Gasteiger partial charge in [0, 0.05) is 16.0 Å². The number of benzene rings is 2. The Bertz CT molecular complexity index is 611. The lowest BCUT2D eigenvalue weighted by Gasteiger charge is -2.09. The van der Waals surface area contributed by atoms with E-state index < -0.39 is 6.10 Å². The number of aliphatic hydroxyl groups is 1. The number of rotatable bonds is 7. The van der Waals surface area contributed by atoms with Crippen LogP contribution in [0.3, 0.4) is 0 Å². The predicted molar refractivity (Wildman–Crippen MR) is 84.5 cm³/mol. The molecule has 6 heteroatoms. The van der Waals surface area contributed by atoms with Crippen molar-refractivity contribution in [2.24, 2.45) is 10.3 Å². The molecule has 0 aliphatic rings. The minimum absolute atomic E-state index is 0.0395. The maximum absolute atomic E-state index is 9.58. The van der Waals surface area contributed by atoms with Crippen LogP contribution in [0.5, 0.6) is 0 Å². The van der Waals surface area contributed by atoms with Crippen LogP contribution in [-0.2, 0) is 4.84 Å². The van der Waals surface area contributed by atoms with Crippen LogP contribution >= 0.6 is 0 Å². The molecule has 0 amide bonds. The molecule has 6 nitrogen and oxygen atoms in total. The summed E-state index contributed by atoms with van der Waals surface area (Å²) in [6.45, 7) is -0.0831. The molecular formula is C16H16N4O2. The fourth-order valence-corrected chi connectivity index (χ4v) is 1.84. The third-order valence-electron chi connectivity index (χ3n) is 2.87. The van der Waals surface area contributed by atoms with Gasteiger partial charge in [0.2, 0.25) is 0 Å². The number of oxime groups is 1. The van der Waals surface area contributed by atoms with Crippen LogP contribution in [0, 0.1) is 0 Å². The number of azide groups is 1. The molecule has 0 aliphatic carbocycles. The third kappa shape index (κ3) is 4.63. The molecule has 2 rings (SSSR count). The summed E-state index contributed by atoms with van der Waals surface area (Å²) >= 11 is 0. The summed E-state index contributed by atoms with van der Waals surface area (Å²) in [7, 11) is 0. The summed E-state index contributed by atoms with van der Waals surface area (Å²) in [6.07, 6.45) is -0.882. The molecule has 1 atom stereocenters. The highest BCUT2D eigenvalue weighted by atomic mass is 16.6. The lowest BCUT2D eigenvalue weighted by molar-refractivity contribution is 0.0451. The molecule has 0 fully saturated rings. The molecule has 22 heavy (non-hydrogen) atoms. The molecule has 0 spiro atoms. The van der Waals surface area contributed by atoms with E-state index in [1.54, 1.807) is 0 Å². The van der Waals surface area contributed by atoms with Crippen LogP contribution in [0.4, 0.5) is 0 Å². The van der Waals surface area contributed by atoms with Crippen LogP contribution in [0.2, 0.25) is 0 Å². The van der Waals surface area contributed by atoms with Gasteiger partial charge >= 0.3 is 0 Å². The summed E-state index contributed by atoms with van der Waals surface area (Å²) in [6, 6.07) is 19.3. The molecule has 0 saturated carbocycles. The summed E-state index contributed by atoms with van der Waals surface area (Å²) in [4.78, 5) is 7.81. The van der Waals surface area contributed by atoms with E-state index in [-0.39, 0.29) is 13.2 Å². The largest absolute Gasteiger partial charge is 0.393 e. The molecule has 0 aromatic heterocycles. The van der Waals surface area contributed by atoms with E-state index in [4.69, 9.17) is 10.4 Å². The van der Waals surface area contributed by atoms with Crippen molar-refractivity contribution >= 4 is 5.71 Å². The molecule has 112 valence electrons. The Labute approximate surface area is 128 Å². The lowest BCUT2D eigenvalue weighted by atomic mass is 10.0. The molecule has 0 radical (unpaired) electrons. The molecule has 2 aromatic rings. The second-order valence-corrected chi connectivity index (χ2v) is 4.53. The van der Waals surface area contributed by atoms with E-state index in [0.29, 0.717) is 5.71 Å². The monoisotopic (exact) mass is 296 g/mol. The van der Waals surface area contributed by atoms with E-state index >= 15 is 0 Å². The quantitative estimate of drug-likeness (QED) is 0.279. The van der Waals surface area contributed by atoms with E-state index in [9.17, 15) is 5.11 Å². The zero-order valence-corrected chi connectivity index (χ0v) is 11.9. The van der Waals surface area contributed by atoms with Crippen LogP contribution in [0.1, 0.15) is 11.1 Å². The standard InChI is InChI=1S/C16H16N4O2/c17-20-18-11-15(21)12-22-19-16(13-7-3-1-4-8-13)14-9-5-2-6-10-14/h1-10,15,21H,11-12H2. The van der Waals surface area contributed by atoms with Gasteiger partial charge in [0.15, 0.2) is 0 Å². The second-order valence-electron chi connectivity index (χ2n) is 4.53. The van der Waals surface area contributed by atoms with E-state index in [1.165, 1.54) is 0 Å². The highest BCUT2D eigenvalue weighted by Gasteiger charge is 2.08. The van der Waals surface area contributed by atoms with Crippen molar-refractivity contribution in [2.75, 3.05) is 13.2 Å². The Morgan fingerprint density at radius 3 is 2.09 bits per heavy atom.